The first kappa shape index (κ1) is 8.10. The minimum absolute atomic E-state index is 0.903. The fraction of sp³-hybridized carbons (Fsp3) is 1.00. The summed E-state index contributed by atoms with van der Waals surface area (Å²) < 4.78 is 0. The van der Waals surface area contributed by atoms with Crippen LogP contribution in [-0.4, -0.2) is 0 Å². The highest BCUT2D eigenvalue weighted by molar-refractivity contribution is 4.80. The summed E-state index contributed by atoms with van der Waals surface area (Å²) in [6, 6.07) is 0. The maximum Gasteiger partial charge on any atom is -0.0363 e. The predicted octanol–water partition coefficient (Wildman–Crippen LogP) is 3.32. The Morgan fingerprint density at radius 3 is 1.90 bits per heavy atom. The van der Waals surface area contributed by atoms with Gasteiger partial charge in [0.2, 0.25) is 0 Å². The van der Waals surface area contributed by atoms with Gasteiger partial charge in [-0.25, -0.2) is 0 Å². The maximum atomic E-state index is 2.41. The molecule has 1 saturated carbocycles. The first-order chi connectivity index (χ1) is 4.61. The summed E-state index contributed by atoms with van der Waals surface area (Å²) in [5.41, 5.74) is 0. The molecule has 0 aromatic heterocycles. The molecule has 60 valence electrons. The number of hydrogen-bond acceptors (Lipinski definition) is 0. The van der Waals surface area contributed by atoms with Crippen molar-refractivity contribution in [3.05, 3.63) is 0 Å². The van der Waals surface area contributed by atoms with Crippen LogP contribution >= 0.6 is 0 Å². The van der Waals surface area contributed by atoms with Crippen molar-refractivity contribution in [1.29, 1.82) is 0 Å². The Morgan fingerprint density at radius 1 is 1.10 bits per heavy atom. The highest BCUT2D eigenvalue weighted by atomic mass is 14.4. The van der Waals surface area contributed by atoms with Gasteiger partial charge in [-0.05, 0) is 36.5 Å². The van der Waals surface area contributed by atoms with Gasteiger partial charge in [-0.1, -0.05) is 27.7 Å². The van der Waals surface area contributed by atoms with Crippen LogP contribution in [0.15, 0.2) is 0 Å². The third kappa shape index (κ3) is 1.53. The van der Waals surface area contributed by atoms with E-state index in [0.29, 0.717) is 0 Å². The fourth-order valence-corrected chi connectivity index (χ4v) is 2.53. The zero-order valence-corrected chi connectivity index (χ0v) is 7.72. The SMILES string of the molecule is CC1CC(C)C(C(C)C)C1. The van der Waals surface area contributed by atoms with Crippen LogP contribution in [0.5, 0.6) is 0 Å². The topological polar surface area (TPSA) is 0 Å². The van der Waals surface area contributed by atoms with E-state index in [-0.39, 0.29) is 0 Å². The van der Waals surface area contributed by atoms with E-state index in [9.17, 15) is 0 Å². The molecule has 1 aliphatic carbocycles. The lowest BCUT2D eigenvalue weighted by atomic mass is 9.87. The van der Waals surface area contributed by atoms with E-state index in [0.717, 1.165) is 23.7 Å². The Labute approximate surface area is 65.0 Å². The van der Waals surface area contributed by atoms with Crippen molar-refractivity contribution < 1.29 is 0 Å². The Bertz CT molecular complexity index is 105. The van der Waals surface area contributed by atoms with Crippen molar-refractivity contribution in [3.63, 3.8) is 0 Å². The molecule has 0 radical (unpaired) electrons. The molecule has 0 aromatic rings. The second kappa shape index (κ2) is 2.94. The van der Waals surface area contributed by atoms with Gasteiger partial charge in [-0.15, -0.1) is 0 Å². The number of rotatable bonds is 1. The van der Waals surface area contributed by atoms with Gasteiger partial charge in [0.25, 0.3) is 0 Å². The molecule has 3 unspecified atom stereocenters. The van der Waals surface area contributed by atoms with E-state index in [1.54, 1.807) is 0 Å². The lowest BCUT2D eigenvalue weighted by Crippen LogP contribution is -2.10. The average Bonchev–Trinajstić information content (AvgIpc) is 2.10. The van der Waals surface area contributed by atoms with Gasteiger partial charge in [0.15, 0.2) is 0 Å². The predicted molar refractivity (Wildman–Crippen MR) is 45.9 cm³/mol. The molecule has 0 bridgehead atoms. The molecule has 0 saturated heterocycles. The molecular formula is C10H20. The first-order valence-corrected chi connectivity index (χ1v) is 4.61. The second-order valence-electron chi connectivity index (χ2n) is 4.46. The minimum Gasteiger partial charge on any atom is -0.0625 e. The molecule has 1 fully saturated rings. The summed E-state index contributed by atoms with van der Waals surface area (Å²) in [5.74, 6) is 3.88. The maximum absolute atomic E-state index is 2.41. The van der Waals surface area contributed by atoms with Gasteiger partial charge in [-0.2, -0.15) is 0 Å². The average molecular weight is 140 g/mol. The summed E-state index contributed by atoms with van der Waals surface area (Å²) in [4.78, 5) is 0. The lowest BCUT2D eigenvalue weighted by Gasteiger charge is -2.18. The van der Waals surface area contributed by atoms with E-state index >= 15 is 0 Å². The lowest BCUT2D eigenvalue weighted by molar-refractivity contribution is 0.313. The van der Waals surface area contributed by atoms with Crippen molar-refractivity contribution in [2.75, 3.05) is 0 Å². The summed E-state index contributed by atoms with van der Waals surface area (Å²) in [5, 5.41) is 0. The van der Waals surface area contributed by atoms with Crippen LogP contribution in [0.4, 0.5) is 0 Å². The summed E-state index contributed by atoms with van der Waals surface area (Å²) in [7, 11) is 0. The summed E-state index contributed by atoms with van der Waals surface area (Å²) in [6.07, 6.45) is 2.93. The molecule has 0 spiro atoms. The third-order valence-corrected chi connectivity index (χ3v) is 3.04. The monoisotopic (exact) mass is 140 g/mol. The molecule has 0 aromatic carbocycles. The first-order valence-electron chi connectivity index (χ1n) is 4.61. The molecule has 1 rings (SSSR count). The normalized spacial score (nSPS) is 41.1. The van der Waals surface area contributed by atoms with Crippen LogP contribution in [0.3, 0.4) is 0 Å². The molecular weight excluding hydrogens is 120 g/mol. The quantitative estimate of drug-likeness (QED) is 0.524. The van der Waals surface area contributed by atoms with Crippen molar-refractivity contribution in [2.45, 2.75) is 40.5 Å². The molecule has 0 heteroatoms. The van der Waals surface area contributed by atoms with Crippen LogP contribution in [-0.2, 0) is 0 Å². The molecule has 0 amide bonds. The van der Waals surface area contributed by atoms with E-state index in [4.69, 9.17) is 0 Å². The molecule has 0 aliphatic heterocycles. The fourth-order valence-electron chi connectivity index (χ4n) is 2.53. The van der Waals surface area contributed by atoms with Crippen molar-refractivity contribution in [2.24, 2.45) is 23.7 Å². The molecule has 1 aliphatic rings. The van der Waals surface area contributed by atoms with Gasteiger partial charge in [0.1, 0.15) is 0 Å². The molecule has 0 heterocycles. The molecule has 0 N–H and O–H groups in total. The van der Waals surface area contributed by atoms with Crippen LogP contribution < -0.4 is 0 Å². The van der Waals surface area contributed by atoms with Crippen LogP contribution in [0.2, 0.25) is 0 Å². The van der Waals surface area contributed by atoms with Crippen LogP contribution in [0, 0.1) is 23.7 Å². The Morgan fingerprint density at radius 2 is 1.70 bits per heavy atom. The summed E-state index contributed by atoms with van der Waals surface area (Å²) in [6.45, 7) is 9.52. The zero-order chi connectivity index (χ0) is 7.72. The smallest absolute Gasteiger partial charge is 0.0363 e. The third-order valence-electron chi connectivity index (χ3n) is 3.04. The Kier molecular flexibility index (Phi) is 2.38. The second-order valence-corrected chi connectivity index (χ2v) is 4.46. The van der Waals surface area contributed by atoms with E-state index in [1.807, 2.05) is 0 Å². The van der Waals surface area contributed by atoms with E-state index in [2.05, 4.69) is 27.7 Å². The van der Waals surface area contributed by atoms with Crippen molar-refractivity contribution in [3.8, 4) is 0 Å². The largest absolute Gasteiger partial charge is 0.0625 e. The highest BCUT2D eigenvalue weighted by Gasteiger charge is 2.30. The Hall–Kier alpha value is 0. The highest BCUT2D eigenvalue weighted by Crippen LogP contribution is 2.39. The van der Waals surface area contributed by atoms with Gasteiger partial charge >= 0.3 is 0 Å². The van der Waals surface area contributed by atoms with Gasteiger partial charge in [0, 0.05) is 0 Å². The van der Waals surface area contributed by atoms with Crippen molar-refractivity contribution >= 4 is 0 Å². The van der Waals surface area contributed by atoms with Gasteiger partial charge in [-0.3, -0.25) is 0 Å². The number of hydrogen-bond donors (Lipinski definition) is 0. The van der Waals surface area contributed by atoms with Crippen LogP contribution in [0.25, 0.3) is 0 Å². The summed E-state index contributed by atoms with van der Waals surface area (Å²) >= 11 is 0. The molecule has 3 atom stereocenters. The van der Waals surface area contributed by atoms with Crippen LogP contribution in [0.1, 0.15) is 40.5 Å². The zero-order valence-electron chi connectivity index (χ0n) is 7.72. The minimum atomic E-state index is 0.903. The standard InChI is InChI=1S/C10H20/c1-7(2)10-6-8(3)5-9(10)4/h7-10H,5-6H2,1-4H3. The Balaban J connectivity index is 2.46. The van der Waals surface area contributed by atoms with E-state index in [1.165, 1.54) is 12.8 Å². The van der Waals surface area contributed by atoms with Gasteiger partial charge in [0.05, 0.1) is 0 Å². The van der Waals surface area contributed by atoms with Crippen molar-refractivity contribution in [1.82, 2.24) is 0 Å². The molecule has 10 heavy (non-hydrogen) atoms. The molecule has 0 nitrogen and oxygen atoms in total. The van der Waals surface area contributed by atoms with Gasteiger partial charge < -0.3 is 0 Å². The van der Waals surface area contributed by atoms with E-state index < -0.39 is 0 Å².